The lowest BCUT2D eigenvalue weighted by Gasteiger charge is -2.14. The molecule has 1 aromatic heterocycles. The van der Waals surface area contributed by atoms with E-state index in [9.17, 15) is 9.50 Å². The monoisotopic (exact) mass is 362 g/mol. The standard InChI is InChI=1S/C19H23FN2O4/c1-2-15-17(12-25-11-14-5-3-4-6-16(14)20)26-22-18(15)19(23)21-9-13-7-8-24-10-13/h1,3-5,13,16,19,21,23H,6-12H2. The van der Waals surface area contributed by atoms with Crippen LogP contribution in [0, 0.1) is 18.3 Å². The van der Waals surface area contributed by atoms with E-state index in [0.717, 1.165) is 13.0 Å². The second-order valence-electron chi connectivity index (χ2n) is 6.42. The van der Waals surface area contributed by atoms with E-state index in [4.69, 9.17) is 20.4 Å². The van der Waals surface area contributed by atoms with Gasteiger partial charge < -0.3 is 19.1 Å². The van der Waals surface area contributed by atoms with Gasteiger partial charge in [-0.25, -0.2) is 4.39 Å². The summed E-state index contributed by atoms with van der Waals surface area (Å²) in [5.41, 5.74) is 1.20. The average Bonchev–Trinajstić information content (AvgIpc) is 3.30. The first-order chi connectivity index (χ1) is 12.7. The molecule has 2 heterocycles. The molecule has 0 amide bonds. The van der Waals surface area contributed by atoms with Gasteiger partial charge in [0.05, 0.1) is 18.8 Å². The maximum absolute atomic E-state index is 13.7. The molecule has 1 aliphatic heterocycles. The summed E-state index contributed by atoms with van der Waals surface area (Å²) in [6.45, 7) is 2.23. The molecule has 7 heteroatoms. The van der Waals surface area contributed by atoms with Crippen molar-refractivity contribution in [3.05, 3.63) is 40.8 Å². The van der Waals surface area contributed by atoms with Crippen LogP contribution in [0.3, 0.4) is 0 Å². The Kier molecular flexibility index (Phi) is 6.58. The Hall–Kier alpha value is -1.98. The Bertz CT molecular complexity index is 701. The zero-order valence-electron chi connectivity index (χ0n) is 14.5. The number of halogens is 1. The third-order valence-electron chi connectivity index (χ3n) is 4.51. The Morgan fingerprint density at radius 1 is 1.50 bits per heavy atom. The molecule has 3 unspecified atom stereocenters. The number of nitrogens with one attached hydrogen (secondary N) is 1. The van der Waals surface area contributed by atoms with Gasteiger partial charge in [-0.2, -0.15) is 0 Å². The summed E-state index contributed by atoms with van der Waals surface area (Å²) in [4.78, 5) is 0. The third-order valence-corrected chi connectivity index (χ3v) is 4.51. The van der Waals surface area contributed by atoms with Gasteiger partial charge in [0.15, 0.2) is 12.0 Å². The van der Waals surface area contributed by atoms with E-state index in [0.29, 0.717) is 42.4 Å². The van der Waals surface area contributed by atoms with Crippen LogP contribution in [0.25, 0.3) is 0 Å². The van der Waals surface area contributed by atoms with Crippen LogP contribution < -0.4 is 5.32 Å². The maximum Gasteiger partial charge on any atom is 0.178 e. The normalized spacial score (nSPS) is 23.7. The molecule has 1 fully saturated rings. The first-order valence-electron chi connectivity index (χ1n) is 8.70. The van der Waals surface area contributed by atoms with Crippen molar-refractivity contribution in [2.45, 2.75) is 31.8 Å². The van der Waals surface area contributed by atoms with Gasteiger partial charge in [0, 0.05) is 19.6 Å². The number of terminal acetylenes is 1. The minimum atomic E-state index is -1.03. The molecule has 0 aromatic carbocycles. The predicted molar refractivity (Wildman–Crippen MR) is 92.7 cm³/mol. The fraction of sp³-hybridized carbons (Fsp3) is 0.526. The summed E-state index contributed by atoms with van der Waals surface area (Å²) in [7, 11) is 0. The second-order valence-corrected chi connectivity index (χ2v) is 6.42. The molecular formula is C19H23FN2O4. The maximum atomic E-state index is 13.7. The van der Waals surface area contributed by atoms with E-state index in [1.165, 1.54) is 0 Å². The molecule has 0 spiro atoms. The second kappa shape index (κ2) is 9.10. The first-order valence-corrected chi connectivity index (χ1v) is 8.70. The number of ether oxygens (including phenoxy) is 2. The number of hydrogen-bond donors (Lipinski definition) is 2. The molecule has 6 nitrogen and oxygen atoms in total. The molecule has 1 aromatic rings. The summed E-state index contributed by atoms with van der Waals surface area (Å²) in [6.07, 6.45) is 10.1. The predicted octanol–water partition coefficient (Wildman–Crippen LogP) is 2.01. The fourth-order valence-electron chi connectivity index (χ4n) is 2.94. The molecule has 140 valence electrons. The van der Waals surface area contributed by atoms with E-state index in [1.807, 2.05) is 6.08 Å². The Labute approximate surface area is 152 Å². The van der Waals surface area contributed by atoms with Gasteiger partial charge in [0.25, 0.3) is 0 Å². The van der Waals surface area contributed by atoms with Crippen LogP contribution in [0.2, 0.25) is 0 Å². The summed E-state index contributed by atoms with van der Waals surface area (Å²) in [5, 5.41) is 17.2. The lowest BCUT2D eigenvalue weighted by atomic mass is 10.0. The Morgan fingerprint density at radius 2 is 2.38 bits per heavy atom. The van der Waals surface area contributed by atoms with Gasteiger partial charge in [-0.15, -0.1) is 6.42 Å². The topological polar surface area (TPSA) is 76.8 Å². The van der Waals surface area contributed by atoms with Gasteiger partial charge in [0.1, 0.15) is 18.5 Å². The average molecular weight is 362 g/mol. The molecule has 0 saturated carbocycles. The molecule has 1 aliphatic carbocycles. The first kappa shape index (κ1) is 18.8. The summed E-state index contributed by atoms with van der Waals surface area (Å²) in [5.74, 6) is 3.19. The number of nitrogens with zero attached hydrogens (tertiary/aromatic N) is 1. The van der Waals surface area contributed by atoms with E-state index in [2.05, 4.69) is 16.4 Å². The van der Waals surface area contributed by atoms with E-state index in [1.54, 1.807) is 12.2 Å². The van der Waals surface area contributed by atoms with Crippen molar-refractivity contribution in [2.75, 3.05) is 26.4 Å². The number of rotatable bonds is 8. The molecule has 2 N–H and O–H groups in total. The molecular weight excluding hydrogens is 339 g/mol. The van der Waals surface area contributed by atoms with Crippen molar-refractivity contribution in [1.82, 2.24) is 10.5 Å². The smallest absolute Gasteiger partial charge is 0.178 e. The van der Waals surface area contributed by atoms with Crippen LogP contribution in [-0.4, -0.2) is 42.8 Å². The van der Waals surface area contributed by atoms with Crippen LogP contribution in [-0.2, 0) is 16.1 Å². The molecule has 0 radical (unpaired) electrons. The highest BCUT2D eigenvalue weighted by atomic mass is 19.1. The van der Waals surface area contributed by atoms with Crippen molar-refractivity contribution >= 4 is 0 Å². The van der Waals surface area contributed by atoms with Gasteiger partial charge in [-0.3, -0.25) is 5.32 Å². The third kappa shape index (κ3) is 4.59. The largest absolute Gasteiger partial charge is 0.381 e. The number of aliphatic hydroxyl groups is 1. The summed E-state index contributed by atoms with van der Waals surface area (Å²) in [6, 6.07) is 0. The van der Waals surface area contributed by atoms with Gasteiger partial charge in [-0.05, 0) is 17.9 Å². The highest BCUT2D eigenvalue weighted by Gasteiger charge is 2.23. The van der Waals surface area contributed by atoms with Crippen LogP contribution in [0.4, 0.5) is 4.39 Å². The highest BCUT2D eigenvalue weighted by Crippen LogP contribution is 2.22. The van der Waals surface area contributed by atoms with Crippen LogP contribution in [0.1, 0.15) is 36.1 Å². The lowest BCUT2D eigenvalue weighted by molar-refractivity contribution is 0.108. The summed E-state index contributed by atoms with van der Waals surface area (Å²) < 4.78 is 29.8. The van der Waals surface area contributed by atoms with Gasteiger partial charge in [0.2, 0.25) is 0 Å². The van der Waals surface area contributed by atoms with Crippen molar-refractivity contribution in [3.63, 3.8) is 0 Å². The summed E-state index contributed by atoms with van der Waals surface area (Å²) >= 11 is 0. The van der Waals surface area contributed by atoms with Crippen molar-refractivity contribution < 1.29 is 23.5 Å². The number of allylic oxidation sites excluding steroid dienone is 3. The van der Waals surface area contributed by atoms with Crippen LogP contribution >= 0.6 is 0 Å². The van der Waals surface area contributed by atoms with Crippen molar-refractivity contribution in [1.29, 1.82) is 0 Å². The Balaban J connectivity index is 1.54. The molecule has 3 rings (SSSR count). The van der Waals surface area contributed by atoms with E-state index < -0.39 is 12.4 Å². The lowest BCUT2D eigenvalue weighted by Crippen LogP contribution is -2.28. The quantitative estimate of drug-likeness (QED) is 0.544. The van der Waals surface area contributed by atoms with Crippen LogP contribution in [0.15, 0.2) is 28.3 Å². The highest BCUT2D eigenvalue weighted by molar-refractivity contribution is 5.39. The minimum Gasteiger partial charge on any atom is -0.381 e. The zero-order valence-corrected chi connectivity index (χ0v) is 14.5. The van der Waals surface area contributed by atoms with E-state index in [-0.39, 0.29) is 18.9 Å². The minimum absolute atomic E-state index is 0.0590. The van der Waals surface area contributed by atoms with E-state index >= 15 is 0 Å². The molecule has 3 atom stereocenters. The molecule has 0 bridgehead atoms. The number of aliphatic hydroxyl groups excluding tert-OH is 1. The molecule has 2 aliphatic rings. The zero-order chi connectivity index (χ0) is 18.4. The molecule has 26 heavy (non-hydrogen) atoms. The van der Waals surface area contributed by atoms with Crippen molar-refractivity contribution in [3.8, 4) is 12.3 Å². The number of alkyl halides is 1. The number of aromatic nitrogens is 1. The Morgan fingerprint density at radius 3 is 3.12 bits per heavy atom. The number of hydrogen-bond acceptors (Lipinski definition) is 6. The SMILES string of the molecule is C#Cc1c(C(O)NCC2CCOC2)noc1COCC1=CC=CCC1F. The van der Waals surface area contributed by atoms with Crippen LogP contribution in [0.5, 0.6) is 0 Å². The van der Waals surface area contributed by atoms with Gasteiger partial charge in [-0.1, -0.05) is 29.3 Å². The van der Waals surface area contributed by atoms with Crippen molar-refractivity contribution in [2.24, 2.45) is 5.92 Å². The fourth-order valence-corrected chi connectivity index (χ4v) is 2.94. The van der Waals surface area contributed by atoms with Gasteiger partial charge >= 0.3 is 0 Å². The molecule has 1 saturated heterocycles.